The van der Waals surface area contributed by atoms with Gasteiger partial charge >= 0.3 is 0 Å². The van der Waals surface area contributed by atoms with E-state index in [9.17, 15) is 0 Å². The zero-order valence-electron chi connectivity index (χ0n) is 10.6. The minimum absolute atomic E-state index is 0.423. The molecule has 0 aliphatic carbocycles. The molecule has 0 rings (SSSR count). The fourth-order valence-corrected chi connectivity index (χ4v) is 2.61. The molecule has 0 aromatic carbocycles. The first-order valence-electron chi connectivity index (χ1n) is 6.14. The Kier molecular flexibility index (Phi) is 9.39. The number of nitrogens with one attached hydrogen (secondary N) is 1. The van der Waals surface area contributed by atoms with Crippen LogP contribution in [0.5, 0.6) is 0 Å². The maximum atomic E-state index is 5.47. The maximum absolute atomic E-state index is 5.47. The van der Waals surface area contributed by atoms with Gasteiger partial charge in [-0.3, -0.25) is 0 Å². The average Bonchev–Trinajstić information content (AvgIpc) is 2.27. The first-order valence-corrected chi connectivity index (χ1v) is 6.96. The number of rotatable bonds is 10. The van der Waals surface area contributed by atoms with Crippen LogP contribution in [0.15, 0.2) is 0 Å². The van der Waals surface area contributed by atoms with E-state index in [0.717, 1.165) is 36.7 Å². The minimum atomic E-state index is 0.423. The molecule has 0 aliphatic heterocycles. The third-order valence-electron chi connectivity index (χ3n) is 3.33. The van der Waals surface area contributed by atoms with E-state index in [1.165, 1.54) is 25.7 Å². The van der Waals surface area contributed by atoms with E-state index in [1.807, 2.05) is 0 Å². The van der Waals surface area contributed by atoms with E-state index in [-0.39, 0.29) is 0 Å². The van der Waals surface area contributed by atoms with Crippen molar-refractivity contribution < 1.29 is 4.43 Å². The molecule has 0 amide bonds. The molecule has 0 aromatic rings. The summed E-state index contributed by atoms with van der Waals surface area (Å²) >= 11 is 0. The van der Waals surface area contributed by atoms with Crippen LogP contribution < -0.4 is 11.1 Å². The van der Waals surface area contributed by atoms with Gasteiger partial charge in [-0.05, 0) is 37.6 Å². The van der Waals surface area contributed by atoms with Crippen molar-refractivity contribution in [2.45, 2.75) is 39.5 Å². The van der Waals surface area contributed by atoms with Crippen molar-refractivity contribution in [1.82, 2.24) is 5.32 Å². The van der Waals surface area contributed by atoms with Gasteiger partial charge in [0.15, 0.2) is 0 Å². The first kappa shape index (κ1) is 15.1. The molecule has 15 heavy (non-hydrogen) atoms. The van der Waals surface area contributed by atoms with E-state index in [0.29, 0.717) is 5.41 Å². The lowest BCUT2D eigenvalue weighted by Crippen LogP contribution is -2.28. The van der Waals surface area contributed by atoms with Gasteiger partial charge in [-0.1, -0.05) is 13.8 Å². The molecule has 0 bridgehead atoms. The molecule has 0 heterocycles. The maximum Gasteiger partial charge on any atom is 0.145 e. The predicted molar refractivity (Wildman–Crippen MR) is 70.1 cm³/mol. The number of hydrogen-bond acceptors (Lipinski definition) is 3. The van der Waals surface area contributed by atoms with Gasteiger partial charge in [-0.25, -0.2) is 0 Å². The van der Waals surface area contributed by atoms with Crippen molar-refractivity contribution in [1.29, 1.82) is 0 Å². The second-order valence-corrected chi connectivity index (χ2v) is 4.86. The Morgan fingerprint density at radius 1 is 1.27 bits per heavy atom. The van der Waals surface area contributed by atoms with Crippen molar-refractivity contribution >= 4 is 10.5 Å². The minimum Gasteiger partial charge on any atom is -0.427 e. The average molecular weight is 232 g/mol. The fourth-order valence-electron chi connectivity index (χ4n) is 2.00. The standard InChI is InChI=1S/C11H28N2OSi/c1-3-11(4-2,10-14-15)6-5-8-13-9-7-12/h13H,3-10,12H2,1-2,15H3. The van der Waals surface area contributed by atoms with Crippen LogP contribution in [0.2, 0.25) is 0 Å². The summed E-state index contributed by atoms with van der Waals surface area (Å²) in [5.41, 5.74) is 5.84. The van der Waals surface area contributed by atoms with Gasteiger partial charge in [-0.15, -0.1) is 0 Å². The second-order valence-electron chi connectivity index (χ2n) is 4.28. The summed E-state index contributed by atoms with van der Waals surface area (Å²) in [7, 11) is 0.857. The fraction of sp³-hybridized carbons (Fsp3) is 1.00. The Labute approximate surface area is 97.7 Å². The summed E-state index contributed by atoms with van der Waals surface area (Å²) in [5, 5.41) is 3.34. The summed E-state index contributed by atoms with van der Waals surface area (Å²) in [5.74, 6) is 0. The molecule has 0 saturated carbocycles. The number of hydrogen-bond donors (Lipinski definition) is 2. The lowest BCUT2D eigenvalue weighted by molar-refractivity contribution is 0.127. The predicted octanol–water partition coefficient (Wildman–Crippen LogP) is 0.418. The zero-order chi connectivity index (χ0) is 11.6. The largest absolute Gasteiger partial charge is 0.427 e. The van der Waals surface area contributed by atoms with Gasteiger partial charge in [0.1, 0.15) is 10.5 Å². The summed E-state index contributed by atoms with van der Waals surface area (Å²) in [6.45, 7) is 8.25. The van der Waals surface area contributed by atoms with Gasteiger partial charge in [0, 0.05) is 19.7 Å². The molecule has 3 nitrogen and oxygen atoms in total. The molecule has 92 valence electrons. The monoisotopic (exact) mass is 232 g/mol. The zero-order valence-corrected chi connectivity index (χ0v) is 12.6. The van der Waals surface area contributed by atoms with E-state index in [4.69, 9.17) is 10.2 Å². The molecule has 0 aromatic heterocycles. The van der Waals surface area contributed by atoms with Crippen LogP contribution in [-0.4, -0.2) is 36.7 Å². The first-order chi connectivity index (χ1) is 7.24. The van der Waals surface area contributed by atoms with Crippen LogP contribution in [0.4, 0.5) is 0 Å². The Bertz CT molecular complexity index is 141. The molecule has 0 saturated heterocycles. The lowest BCUT2D eigenvalue weighted by atomic mass is 9.79. The third-order valence-corrected chi connectivity index (χ3v) is 3.62. The quantitative estimate of drug-likeness (QED) is 0.424. The molecular formula is C11H28N2OSi. The molecule has 0 aliphatic rings. The summed E-state index contributed by atoms with van der Waals surface area (Å²) in [6.07, 6.45) is 4.94. The summed E-state index contributed by atoms with van der Waals surface area (Å²) in [6, 6.07) is 0. The summed E-state index contributed by atoms with van der Waals surface area (Å²) < 4.78 is 5.47. The smallest absolute Gasteiger partial charge is 0.145 e. The van der Waals surface area contributed by atoms with E-state index in [1.54, 1.807) is 0 Å². The van der Waals surface area contributed by atoms with Crippen molar-refractivity contribution in [3.8, 4) is 0 Å². The Morgan fingerprint density at radius 2 is 1.93 bits per heavy atom. The van der Waals surface area contributed by atoms with Crippen LogP contribution in [-0.2, 0) is 4.43 Å². The van der Waals surface area contributed by atoms with Gasteiger partial charge in [-0.2, -0.15) is 0 Å². The SMILES string of the molecule is CCC(CC)(CCCNCCN)CO[SiH3]. The normalized spacial score (nSPS) is 12.2. The Morgan fingerprint density at radius 3 is 2.40 bits per heavy atom. The number of nitrogens with two attached hydrogens (primary N) is 1. The molecule has 4 heteroatoms. The molecule has 0 unspecified atom stereocenters. The van der Waals surface area contributed by atoms with Gasteiger partial charge in [0.05, 0.1) is 0 Å². The van der Waals surface area contributed by atoms with Crippen LogP contribution in [0.3, 0.4) is 0 Å². The van der Waals surface area contributed by atoms with Gasteiger partial charge in [0.25, 0.3) is 0 Å². The van der Waals surface area contributed by atoms with Crippen molar-refractivity contribution in [3.63, 3.8) is 0 Å². The van der Waals surface area contributed by atoms with Crippen LogP contribution in [0, 0.1) is 5.41 Å². The molecule has 0 spiro atoms. The van der Waals surface area contributed by atoms with Crippen molar-refractivity contribution in [2.75, 3.05) is 26.2 Å². The Balaban J connectivity index is 3.74. The second kappa shape index (κ2) is 9.33. The van der Waals surface area contributed by atoms with E-state index < -0.39 is 0 Å². The Hall–Kier alpha value is 0.0969. The highest BCUT2D eigenvalue weighted by Gasteiger charge is 2.24. The third kappa shape index (κ3) is 6.30. The highest BCUT2D eigenvalue weighted by Crippen LogP contribution is 2.31. The van der Waals surface area contributed by atoms with Gasteiger partial charge < -0.3 is 15.5 Å². The van der Waals surface area contributed by atoms with Crippen LogP contribution in [0.1, 0.15) is 39.5 Å². The van der Waals surface area contributed by atoms with Crippen molar-refractivity contribution in [3.05, 3.63) is 0 Å². The highest BCUT2D eigenvalue weighted by molar-refractivity contribution is 5.97. The molecular weight excluding hydrogens is 204 g/mol. The van der Waals surface area contributed by atoms with Crippen LogP contribution in [0.25, 0.3) is 0 Å². The van der Waals surface area contributed by atoms with Gasteiger partial charge in [0.2, 0.25) is 0 Å². The van der Waals surface area contributed by atoms with Crippen LogP contribution >= 0.6 is 0 Å². The van der Waals surface area contributed by atoms with E-state index in [2.05, 4.69) is 19.2 Å². The topological polar surface area (TPSA) is 47.3 Å². The molecule has 0 atom stereocenters. The molecule has 3 N–H and O–H groups in total. The van der Waals surface area contributed by atoms with E-state index >= 15 is 0 Å². The lowest BCUT2D eigenvalue weighted by Gasteiger charge is -2.31. The molecule has 0 radical (unpaired) electrons. The molecule has 0 fully saturated rings. The highest BCUT2D eigenvalue weighted by atomic mass is 28.2. The van der Waals surface area contributed by atoms with Crippen molar-refractivity contribution in [2.24, 2.45) is 11.1 Å². The summed E-state index contributed by atoms with van der Waals surface area (Å²) in [4.78, 5) is 0.